The molecule has 1 aliphatic carbocycles. The fourth-order valence-electron chi connectivity index (χ4n) is 4.14. The van der Waals surface area contributed by atoms with Gasteiger partial charge in [0.2, 0.25) is 5.91 Å². The van der Waals surface area contributed by atoms with Gasteiger partial charge in [0.1, 0.15) is 5.00 Å². The molecule has 2 aliphatic rings. The van der Waals surface area contributed by atoms with Gasteiger partial charge in [0, 0.05) is 36.7 Å². The standard InChI is InChI=1S/C21H26N4O2S/c1-14(24-10-12-25(13-11-24)15-6-3-2-4-7-15)20(27)23-21-18(19(22)26)16-8-5-9-17(16)28-21/h2-4,6-7,14H,5,8-13H2,1H3,(H2,22,26)(H,23,27)/t14-/m0/s1. The molecule has 1 aromatic carbocycles. The quantitative estimate of drug-likeness (QED) is 0.811. The van der Waals surface area contributed by atoms with Crippen LogP contribution < -0.4 is 16.0 Å². The highest BCUT2D eigenvalue weighted by Gasteiger charge is 2.29. The summed E-state index contributed by atoms with van der Waals surface area (Å²) in [6, 6.07) is 10.1. The smallest absolute Gasteiger partial charge is 0.251 e. The Hall–Kier alpha value is -2.38. The van der Waals surface area contributed by atoms with Crippen molar-refractivity contribution in [2.24, 2.45) is 5.73 Å². The monoisotopic (exact) mass is 398 g/mol. The van der Waals surface area contributed by atoms with Crippen LogP contribution in [0, 0.1) is 0 Å². The summed E-state index contributed by atoms with van der Waals surface area (Å²) >= 11 is 1.51. The summed E-state index contributed by atoms with van der Waals surface area (Å²) in [5.41, 5.74) is 8.38. The zero-order chi connectivity index (χ0) is 19.7. The van der Waals surface area contributed by atoms with Crippen molar-refractivity contribution in [3.8, 4) is 0 Å². The highest BCUT2D eigenvalue weighted by Crippen LogP contribution is 2.39. The lowest BCUT2D eigenvalue weighted by molar-refractivity contribution is -0.120. The molecule has 6 nitrogen and oxygen atoms in total. The van der Waals surface area contributed by atoms with Gasteiger partial charge >= 0.3 is 0 Å². The predicted molar refractivity (Wildman–Crippen MR) is 113 cm³/mol. The predicted octanol–water partition coefficient (Wildman–Crippen LogP) is 2.48. The lowest BCUT2D eigenvalue weighted by Crippen LogP contribution is -2.52. The van der Waals surface area contributed by atoms with E-state index in [2.05, 4.69) is 27.2 Å². The lowest BCUT2D eigenvalue weighted by Gasteiger charge is -2.38. The molecule has 0 saturated carbocycles. The minimum absolute atomic E-state index is 0.0735. The number of para-hydroxylation sites is 1. The van der Waals surface area contributed by atoms with Gasteiger partial charge in [-0.1, -0.05) is 18.2 Å². The summed E-state index contributed by atoms with van der Waals surface area (Å²) in [5.74, 6) is -0.519. The van der Waals surface area contributed by atoms with Crippen LogP contribution in [0.3, 0.4) is 0 Å². The number of anilines is 2. The Balaban J connectivity index is 1.39. The highest BCUT2D eigenvalue weighted by atomic mass is 32.1. The number of primary amides is 1. The number of fused-ring (bicyclic) bond motifs is 1. The summed E-state index contributed by atoms with van der Waals surface area (Å²) in [6.07, 6.45) is 2.89. The first-order valence-corrected chi connectivity index (χ1v) is 10.7. The van der Waals surface area contributed by atoms with Crippen LogP contribution in [0.15, 0.2) is 30.3 Å². The molecule has 1 aliphatic heterocycles. The molecule has 2 amide bonds. The maximum absolute atomic E-state index is 12.9. The molecule has 28 heavy (non-hydrogen) atoms. The summed E-state index contributed by atoms with van der Waals surface area (Å²) in [5, 5.41) is 3.61. The minimum atomic E-state index is -0.446. The molecule has 4 rings (SSSR count). The second-order valence-electron chi connectivity index (χ2n) is 7.45. The van der Waals surface area contributed by atoms with Gasteiger partial charge in [-0.3, -0.25) is 14.5 Å². The average Bonchev–Trinajstić information content (AvgIpc) is 3.28. The molecule has 0 spiro atoms. The van der Waals surface area contributed by atoms with Crippen LogP contribution in [0.25, 0.3) is 0 Å². The molecule has 7 heteroatoms. The first-order chi connectivity index (χ1) is 13.5. The van der Waals surface area contributed by atoms with Gasteiger partial charge in [0.05, 0.1) is 11.6 Å². The molecular formula is C21H26N4O2S. The third-order valence-corrected chi connectivity index (χ3v) is 6.97. The molecule has 1 aromatic heterocycles. The fraction of sp³-hybridized carbons (Fsp3) is 0.429. The van der Waals surface area contributed by atoms with E-state index in [1.54, 1.807) is 0 Å². The molecule has 3 N–H and O–H groups in total. The van der Waals surface area contributed by atoms with Crippen LogP contribution >= 0.6 is 11.3 Å². The molecule has 1 atom stereocenters. The van der Waals surface area contributed by atoms with E-state index in [0.29, 0.717) is 10.6 Å². The maximum Gasteiger partial charge on any atom is 0.251 e. The minimum Gasteiger partial charge on any atom is -0.369 e. The number of hydrogen-bond acceptors (Lipinski definition) is 5. The Morgan fingerprint density at radius 2 is 1.82 bits per heavy atom. The molecule has 2 aromatic rings. The Bertz CT molecular complexity index is 872. The average molecular weight is 399 g/mol. The number of nitrogens with two attached hydrogens (primary N) is 1. The van der Waals surface area contributed by atoms with Gasteiger partial charge in [-0.25, -0.2) is 0 Å². The number of benzene rings is 1. The van der Waals surface area contributed by atoms with E-state index in [9.17, 15) is 9.59 Å². The van der Waals surface area contributed by atoms with Crippen LogP contribution in [0.1, 0.15) is 34.1 Å². The van der Waals surface area contributed by atoms with Crippen molar-refractivity contribution < 1.29 is 9.59 Å². The van der Waals surface area contributed by atoms with Gasteiger partial charge in [-0.2, -0.15) is 0 Å². The number of thiophene rings is 1. The number of piperazine rings is 1. The number of hydrogen-bond donors (Lipinski definition) is 2. The van der Waals surface area contributed by atoms with Crippen LogP contribution in [-0.4, -0.2) is 48.9 Å². The largest absolute Gasteiger partial charge is 0.369 e. The number of rotatable bonds is 5. The van der Waals surface area contributed by atoms with Gasteiger partial charge in [-0.15, -0.1) is 11.3 Å². The van der Waals surface area contributed by atoms with Crippen molar-refractivity contribution in [3.63, 3.8) is 0 Å². The molecule has 148 valence electrons. The third kappa shape index (κ3) is 3.64. The van der Waals surface area contributed by atoms with Gasteiger partial charge < -0.3 is 16.0 Å². The van der Waals surface area contributed by atoms with Crippen LogP contribution in [0.2, 0.25) is 0 Å². The number of aryl methyl sites for hydroxylation is 1. The molecule has 1 fully saturated rings. The zero-order valence-corrected chi connectivity index (χ0v) is 16.9. The maximum atomic E-state index is 12.9. The molecule has 2 heterocycles. The number of carbonyl (C=O) groups excluding carboxylic acids is 2. The molecule has 0 unspecified atom stereocenters. The SMILES string of the molecule is C[C@@H](C(=O)Nc1sc2c(c1C(N)=O)CCC2)N1CCN(c2ccccc2)CC1. The Morgan fingerprint density at radius 1 is 1.11 bits per heavy atom. The second kappa shape index (κ2) is 7.93. The first-order valence-electron chi connectivity index (χ1n) is 9.84. The van der Waals surface area contributed by atoms with Crippen LogP contribution in [0.4, 0.5) is 10.7 Å². The Morgan fingerprint density at radius 3 is 2.50 bits per heavy atom. The number of nitrogens with one attached hydrogen (secondary N) is 1. The normalized spacial score (nSPS) is 18.0. The van der Waals surface area contributed by atoms with E-state index in [4.69, 9.17) is 5.73 Å². The molecular weight excluding hydrogens is 372 g/mol. The molecule has 1 saturated heterocycles. The first kappa shape index (κ1) is 19.0. The second-order valence-corrected chi connectivity index (χ2v) is 8.55. The zero-order valence-electron chi connectivity index (χ0n) is 16.1. The van der Waals surface area contributed by atoms with E-state index in [0.717, 1.165) is 51.0 Å². The molecule has 0 radical (unpaired) electrons. The van der Waals surface area contributed by atoms with Crippen molar-refractivity contribution in [1.82, 2.24) is 4.90 Å². The van der Waals surface area contributed by atoms with Gasteiger partial charge in [-0.05, 0) is 43.9 Å². The summed E-state index contributed by atoms with van der Waals surface area (Å²) in [7, 11) is 0. The van der Waals surface area contributed by atoms with Gasteiger partial charge in [0.25, 0.3) is 5.91 Å². The summed E-state index contributed by atoms with van der Waals surface area (Å²) < 4.78 is 0. The van der Waals surface area contributed by atoms with E-state index in [-0.39, 0.29) is 11.9 Å². The highest BCUT2D eigenvalue weighted by molar-refractivity contribution is 7.17. The van der Waals surface area contributed by atoms with Crippen molar-refractivity contribution in [1.29, 1.82) is 0 Å². The summed E-state index contributed by atoms with van der Waals surface area (Å²) in [4.78, 5) is 30.5. The van der Waals surface area contributed by atoms with Crippen molar-refractivity contribution in [2.75, 3.05) is 36.4 Å². The van der Waals surface area contributed by atoms with Crippen LogP contribution in [-0.2, 0) is 17.6 Å². The fourth-order valence-corrected chi connectivity index (χ4v) is 5.44. The van der Waals surface area contributed by atoms with Gasteiger partial charge in [0.15, 0.2) is 0 Å². The Kier molecular flexibility index (Phi) is 5.37. The molecule has 0 bridgehead atoms. The lowest BCUT2D eigenvalue weighted by atomic mass is 10.1. The third-order valence-electron chi connectivity index (χ3n) is 5.77. The van der Waals surface area contributed by atoms with E-state index in [1.807, 2.05) is 25.1 Å². The summed E-state index contributed by atoms with van der Waals surface area (Å²) in [6.45, 7) is 5.36. The van der Waals surface area contributed by atoms with E-state index >= 15 is 0 Å². The van der Waals surface area contributed by atoms with E-state index in [1.165, 1.54) is 21.9 Å². The van der Waals surface area contributed by atoms with Crippen molar-refractivity contribution in [2.45, 2.75) is 32.2 Å². The number of nitrogens with zero attached hydrogens (tertiary/aromatic N) is 2. The van der Waals surface area contributed by atoms with E-state index < -0.39 is 5.91 Å². The number of amides is 2. The van der Waals surface area contributed by atoms with Crippen LogP contribution in [0.5, 0.6) is 0 Å². The number of carbonyl (C=O) groups is 2. The van der Waals surface area contributed by atoms with Crippen molar-refractivity contribution >= 4 is 33.8 Å². The topological polar surface area (TPSA) is 78.7 Å². The van der Waals surface area contributed by atoms with Crippen molar-refractivity contribution in [3.05, 3.63) is 46.3 Å². The Labute approximate surface area is 169 Å².